The third-order valence-corrected chi connectivity index (χ3v) is 10.8. The summed E-state index contributed by atoms with van der Waals surface area (Å²) in [7, 11) is 3.08. The number of carbonyl (C=O) groups is 1. The van der Waals surface area contributed by atoms with Crippen LogP contribution in [0.2, 0.25) is 5.15 Å². The van der Waals surface area contributed by atoms with Crippen molar-refractivity contribution >= 4 is 45.2 Å². The molecule has 8 rings (SSSR count). The fourth-order valence-electron chi connectivity index (χ4n) is 8.19. The molecule has 4 aliphatic rings. The second kappa shape index (κ2) is 12.2. The van der Waals surface area contributed by atoms with Crippen LogP contribution in [0, 0.1) is 24.0 Å². The summed E-state index contributed by atoms with van der Waals surface area (Å²) in [4.78, 5) is 32.4. The lowest BCUT2D eigenvalue weighted by atomic mass is 9.95. The molecule has 49 heavy (non-hydrogen) atoms. The van der Waals surface area contributed by atoms with Gasteiger partial charge in [-0.2, -0.15) is 9.97 Å². The summed E-state index contributed by atoms with van der Waals surface area (Å²) in [6.45, 7) is 3.79. The minimum atomic E-state index is -0.808. The maximum absolute atomic E-state index is 17.2. The van der Waals surface area contributed by atoms with E-state index in [9.17, 15) is 4.79 Å². The first-order valence-electron chi connectivity index (χ1n) is 16.7. The van der Waals surface area contributed by atoms with Crippen LogP contribution in [0.3, 0.4) is 0 Å². The van der Waals surface area contributed by atoms with Gasteiger partial charge in [-0.05, 0) is 75.2 Å². The third kappa shape index (κ3) is 5.48. The van der Waals surface area contributed by atoms with Crippen molar-refractivity contribution in [3.8, 4) is 35.4 Å². The second-order valence-electron chi connectivity index (χ2n) is 13.8. The van der Waals surface area contributed by atoms with Crippen LogP contribution in [0.25, 0.3) is 32.9 Å². The Kier molecular flexibility index (Phi) is 7.97. The number of anilines is 1. The van der Waals surface area contributed by atoms with E-state index in [2.05, 4.69) is 31.0 Å². The monoisotopic (exact) mass is 687 g/mol. The molecule has 0 saturated carbocycles. The molecule has 0 radical (unpaired) electrons. The highest BCUT2D eigenvalue weighted by Crippen LogP contribution is 2.43. The Morgan fingerprint density at radius 1 is 1.10 bits per heavy atom. The van der Waals surface area contributed by atoms with Crippen molar-refractivity contribution < 1.29 is 23.0 Å². The van der Waals surface area contributed by atoms with E-state index < -0.39 is 17.7 Å². The van der Waals surface area contributed by atoms with Crippen molar-refractivity contribution in [1.29, 1.82) is 0 Å². The molecule has 2 aromatic heterocycles. The second-order valence-corrected chi connectivity index (χ2v) is 14.1. The van der Waals surface area contributed by atoms with Crippen LogP contribution in [0.1, 0.15) is 44.1 Å². The smallest absolute Gasteiger partial charge is 0.414 e. The largest absolute Gasteiger partial charge is 0.461 e. The van der Waals surface area contributed by atoms with Gasteiger partial charge in [0.15, 0.2) is 5.82 Å². The summed E-state index contributed by atoms with van der Waals surface area (Å²) in [6.07, 6.45) is 11.5. The molecule has 4 fully saturated rings. The van der Waals surface area contributed by atoms with Crippen LogP contribution in [0.4, 0.5) is 19.4 Å². The number of halogens is 3. The predicted molar refractivity (Wildman–Crippen MR) is 183 cm³/mol. The summed E-state index contributed by atoms with van der Waals surface area (Å²) >= 11 is 6.97. The van der Waals surface area contributed by atoms with Crippen molar-refractivity contribution in [2.75, 3.05) is 51.8 Å². The van der Waals surface area contributed by atoms with Gasteiger partial charge in [0.1, 0.15) is 40.4 Å². The minimum Gasteiger partial charge on any atom is -0.461 e. The molecule has 10 nitrogen and oxygen atoms in total. The average molecular weight is 688 g/mol. The van der Waals surface area contributed by atoms with Crippen molar-refractivity contribution in [3.05, 3.63) is 46.6 Å². The molecule has 2 unspecified atom stereocenters. The number of aromatic nitrogens is 3. The van der Waals surface area contributed by atoms with Crippen LogP contribution >= 0.6 is 11.6 Å². The molecule has 0 spiro atoms. The first-order chi connectivity index (χ1) is 23.6. The van der Waals surface area contributed by atoms with E-state index in [1.54, 1.807) is 6.07 Å². The maximum atomic E-state index is 17.2. The molecular weight excluding hydrogens is 652 g/mol. The predicted octanol–water partition coefficient (Wildman–Crippen LogP) is 5.77. The van der Waals surface area contributed by atoms with Gasteiger partial charge in [-0.25, -0.2) is 18.6 Å². The van der Waals surface area contributed by atoms with Gasteiger partial charge in [-0.3, -0.25) is 4.90 Å². The first kappa shape index (κ1) is 31.9. The van der Waals surface area contributed by atoms with Gasteiger partial charge in [0.2, 0.25) is 0 Å². The lowest BCUT2D eigenvalue weighted by Gasteiger charge is -2.35. The lowest BCUT2D eigenvalue weighted by Crippen LogP contribution is -2.51. The van der Waals surface area contributed by atoms with Gasteiger partial charge in [0, 0.05) is 50.2 Å². The highest BCUT2D eigenvalue weighted by Gasteiger charge is 2.45. The van der Waals surface area contributed by atoms with Crippen molar-refractivity contribution in [1.82, 2.24) is 30.1 Å². The lowest BCUT2D eigenvalue weighted by molar-refractivity contribution is 0.108. The Hall–Kier alpha value is -4.31. The molecule has 2 bridgehead atoms. The van der Waals surface area contributed by atoms with Gasteiger partial charge in [0.05, 0.1) is 16.5 Å². The molecule has 13 heteroatoms. The van der Waals surface area contributed by atoms with Crippen LogP contribution in [-0.2, 0) is 0 Å². The zero-order chi connectivity index (χ0) is 34.0. The van der Waals surface area contributed by atoms with Gasteiger partial charge in [0.25, 0.3) is 0 Å². The number of hydrogen-bond acceptors (Lipinski definition) is 9. The SMILES string of the molecule is C#Cc1c(F)ccc2cc(OC(=O)N(C)C)cc(-c3nc(Cl)c4c(N5CC6CCC(C5)N6)nc(OCC56CCCN5CCC6)nc4c3F)c12. The number of pyridine rings is 1. The van der Waals surface area contributed by atoms with Gasteiger partial charge < -0.3 is 24.6 Å². The Morgan fingerprint density at radius 3 is 2.53 bits per heavy atom. The summed E-state index contributed by atoms with van der Waals surface area (Å²) in [5.74, 6) is 1.48. The van der Waals surface area contributed by atoms with E-state index in [1.165, 1.54) is 37.2 Å². The number of benzene rings is 2. The number of ether oxygens (including phenoxy) is 2. The molecule has 2 aromatic carbocycles. The van der Waals surface area contributed by atoms with Crippen LogP contribution in [0.5, 0.6) is 11.8 Å². The van der Waals surface area contributed by atoms with Crippen LogP contribution in [0.15, 0.2) is 24.3 Å². The maximum Gasteiger partial charge on any atom is 0.414 e. The Balaban J connectivity index is 1.31. The van der Waals surface area contributed by atoms with Crippen molar-refractivity contribution in [3.63, 3.8) is 0 Å². The number of carbonyl (C=O) groups excluding carboxylic acids is 1. The van der Waals surface area contributed by atoms with E-state index in [4.69, 9.17) is 32.5 Å². The van der Waals surface area contributed by atoms with E-state index >= 15 is 8.78 Å². The normalized spacial score (nSPS) is 21.3. The fourth-order valence-corrected chi connectivity index (χ4v) is 8.45. The first-order valence-corrected chi connectivity index (χ1v) is 17.1. The summed E-state index contributed by atoms with van der Waals surface area (Å²) in [5, 5.41) is 4.50. The molecule has 4 aromatic rings. The quantitative estimate of drug-likeness (QED) is 0.200. The molecular formula is C36H36ClF2N7O3. The van der Waals surface area contributed by atoms with Crippen LogP contribution < -0.4 is 19.7 Å². The molecule has 254 valence electrons. The zero-order valence-corrected chi connectivity index (χ0v) is 28.1. The van der Waals surface area contributed by atoms with E-state index in [1.807, 2.05) is 0 Å². The number of nitrogens with zero attached hydrogens (tertiary/aromatic N) is 6. The Morgan fingerprint density at radius 2 is 1.84 bits per heavy atom. The summed E-state index contributed by atoms with van der Waals surface area (Å²) in [5.41, 5.74) is -0.362. The third-order valence-electron chi connectivity index (χ3n) is 10.5. The highest BCUT2D eigenvalue weighted by atomic mass is 35.5. The molecule has 4 saturated heterocycles. The average Bonchev–Trinajstić information content (AvgIpc) is 3.78. The van der Waals surface area contributed by atoms with E-state index in [0.717, 1.165) is 51.6 Å². The zero-order valence-electron chi connectivity index (χ0n) is 27.4. The summed E-state index contributed by atoms with van der Waals surface area (Å²) in [6, 6.07) is 6.26. The van der Waals surface area contributed by atoms with Crippen LogP contribution in [-0.4, -0.2) is 95.3 Å². The standard InChI is InChI=1S/C36H36ClF2N7O3/c1-4-24-26(38)10-7-20-15-23(49-35(47)44(2)3)16-25(27(20)24)30-29(39)31-28(32(37)41-30)33(45-17-21-8-9-22(18-45)40-21)43-34(42-31)48-19-36-11-5-13-46(36)14-6-12-36/h1,7,10,15-16,21-22,40H,5-6,8-9,11-14,17-19H2,2-3H3. The molecule has 0 aliphatic carbocycles. The molecule has 6 heterocycles. The minimum absolute atomic E-state index is 0.0299. The van der Waals surface area contributed by atoms with Crippen molar-refractivity contribution in [2.45, 2.75) is 56.1 Å². The fraction of sp³-hybridized carbons (Fsp3) is 0.444. The van der Waals surface area contributed by atoms with E-state index in [-0.39, 0.29) is 67.6 Å². The Labute approximate surface area is 287 Å². The number of rotatable bonds is 6. The summed E-state index contributed by atoms with van der Waals surface area (Å²) < 4.78 is 44.3. The topological polar surface area (TPSA) is 96.0 Å². The molecule has 1 amide bonds. The Bertz CT molecular complexity index is 2030. The molecule has 4 aliphatic heterocycles. The van der Waals surface area contributed by atoms with Gasteiger partial charge in [-0.15, -0.1) is 6.42 Å². The number of piperazine rings is 1. The van der Waals surface area contributed by atoms with E-state index in [0.29, 0.717) is 30.9 Å². The van der Waals surface area contributed by atoms with Gasteiger partial charge in [-0.1, -0.05) is 23.6 Å². The molecule has 2 atom stereocenters. The number of nitrogens with one attached hydrogen (secondary N) is 1. The van der Waals surface area contributed by atoms with Crippen molar-refractivity contribution in [2.24, 2.45) is 0 Å². The number of fused-ring (bicyclic) bond motifs is 5. The number of amides is 1. The van der Waals surface area contributed by atoms with Gasteiger partial charge >= 0.3 is 12.1 Å². The molecule has 1 N–H and O–H groups in total. The number of hydrogen-bond donors (Lipinski definition) is 1. The number of terminal acetylenes is 1. The highest BCUT2D eigenvalue weighted by molar-refractivity contribution is 6.35.